The highest BCUT2D eigenvalue weighted by atomic mass is 19.1. The summed E-state index contributed by atoms with van der Waals surface area (Å²) in [7, 11) is 0. The Labute approximate surface area is 123 Å². The predicted octanol–water partition coefficient (Wildman–Crippen LogP) is 4.42. The molecule has 1 N–H and O–H groups in total. The summed E-state index contributed by atoms with van der Waals surface area (Å²) in [5.41, 5.74) is 1.79. The SMILES string of the molecule is CC(Cc1ccccc1F)Nc1cccc2cnccc12. The molecule has 3 heteroatoms. The molecular formula is C18H17FN2. The van der Waals surface area contributed by atoms with Gasteiger partial charge in [-0.25, -0.2) is 4.39 Å². The molecule has 0 saturated carbocycles. The maximum atomic E-state index is 13.7. The lowest BCUT2D eigenvalue weighted by Crippen LogP contribution is -2.18. The molecule has 0 aliphatic carbocycles. The molecule has 0 saturated heterocycles. The second kappa shape index (κ2) is 5.92. The summed E-state index contributed by atoms with van der Waals surface area (Å²) in [6.45, 7) is 2.06. The Morgan fingerprint density at radius 1 is 1.10 bits per heavy atom. The van der Waals surface area contributed by atoms with Crippen LogP contribution in [-0.4, -0.2) is 11.0 Å². The first-order valence-electron chi connectivity index (χ1n) is 7.07. The van der Waals surface area contributed by atoms with Gasteiger partial charge in [0.2, 0.25) is 0 Å². The molecule has 0 fully saturated rings. The van der Waals surface area contributed by atoms with Gasteiger partial charge in [0.05, 0.1) is 0 Å². The largest absolute Gasteiger partial charge is 0.382 e. The number of pyridine rings is 1. The van der Waals surface area contributed by atoms with Gasteiger partial charge in [-0.05, 0) is 37.1 Å². The number of aromatic nitrogens is 1. The zero-order valence-corrected chi connectivity index (χ0v) is 11.9. The molecule has 106 valence electrons. The van der Waals surface area contributed by atoms with E-state index in [0.717, 1.165) is 22.0 Å². The number of anilines is 1. The number of rotatable bonds is 4. The molecule has 1 atom stereocenters. The highest BCUT2D eigenvalue weighted by molar-refractivity contribution is 5.93. The molecule has 2 nitrogen and oxygen atoms in total. The minimum absolute atomic E-state index is 0.140. The summed E-state index contributed by atoms with van der Waals surface area (Å²) in [6, 6.07) is 15.1. The van der Waals surface area contributed by atoms with E-state index in [0.29, 0.717) is 6.42 Å². The molecule has 0 spiro atoms. The van der Waals surface area contributed by atoms with E-state index in [1.165, 1.54) is 6.07 Å². The number of halogens is 1. The van der Waals surface area contributed by atoms with Crippen molar-refractivity contribution in [1.29, 1.82) is 0 Å². The van der Waals surface area contributed by atoms with Crippen LogP contribution in [0, 0.1) is 5.82 Å². The van der Waals surface area contributed by atoms with Crippen molar-refractivity contribution in [3.05, 3.63) is 72.3 Å². The molecule has 0 aliphatic heterocycles. The summed E-state index contributed by atoms with van der Waals surface area (Å²) < 4.78 is 13.7. The van der Waals surface area contributed by atoms with E-state index >= 15 is 0 Å². The second-order valence-electron chi connectivity index (χ2n) is 5.24. The lowest BCUT2D eigenvalue weighted by molar-refractivity contribution is 0.601. The fourth-order valence-electron chi connectivity index (χ4n) is 2.56. The molecule has 3 aromatic rings. The molecule has 2 aromatic carbocycles. The van der Waals surface area contributed by atoms with Crippen molar-refractivity contribution in [2.75, 3.05) is 5.32 Å². The number of hydrogen-bond donors (Lipinski definition) is 1. The van der Waals surface area contributed by atoms with Crippen LogP contribution >= 0.6 is 0 Å². The van der Waals surface area contributed by atoms with E-state index in [1.54, 1.807) is 12.3 Å². The number of benzene rings is 2. The maximum absolute atomic E-state index is 13.7. The van der Waals surface area contributed by atoms with Crippen molar-refractivity contribution < 1.29 is 4.39 Å². The second-order valence-corrected chi connectivity index (χ2v) is 5.24. The lowest BCUT2D eigenvalue weighted by atomic mass is 10.1. The molecule has 1 aromatic heterocycles. The van der Waals surface area contributed by atoms with Gasteiger partial charge in [-0.1, -0.05) is 30.3 Å². The average molecular weight is 280 g/mol. The average Bonchev–Trinajstić information content (AvgIpc) is 2.50. The Balaban J connectivity index is 1.81. The van der Waals surface area contributed by atoms with Gasteiger partial charge in [-0.2, -0.15) is 0 Å². The molecule has 3 rings (SSSR count). The summed E-state index contributed by atoms with van der Waals surface area (Å²) in [5, 5.41) is 5.70. The smallest absolute Gasteiger partial charge is 0.126 e. The van der Waals surface area contributed by atoms with Gasteiger partial charge < -0.3 is 5.32 Å². The van der Waals surface area contributed by atoms with Crippen LogP contribution in [0.2, 0.25) is 0 Å². The third-order valence-electron chi connectivity index (χ3n) is 3.57. The Kier molecular flexibility index (Phi) is 3.82. The summed E-state index contributed by atoms with van der Waals surface area (Å²) >= 11 is 0. The van der Waals surface area contributed by atoms with Gasteiger partial charge in [0, 0.05) is 34.9 Å². The van der Waals surface area contributed by atoms with Gasteiger partial charge in [0.1, 0.15) is 5.82 Å². The maximum Gasteiger partial charge on any atom is 0.126 e. The van der Waals surface area contributed by atoms with Crippen LogP contribution in [0.4, 0.5) is 10.1 Å². The first kappa shape index (κ1) is 13.6. The van der Waals surface area contributed by atoms with Crippen molar-refractivity contribution in [3.8, 4) is 0 Å². The molecule has 1 heterocycles. The Bertz CT molecular complexity index is 750. The van der Waals surface area contributed by atoms with Crippen LogP contribution in [0.5, 0.6) is 0 Å². The van der Waals surface area contributed by atoms with Crippen molar-refractivity contribution in [3.63, 3.8) is 0 Å². The Hall–Kier alpha value is -2.42. The first-order valence-corrected chi connectivity index (χ1v) is 7.07. The van der Waals surface area contributed by atoms with Gasteiger partial charge in [0.15, 0.2) is 0 Å². The van der Waals surface area contributed by atoms with Crippen molar-refractivity contribution >= 4 is 16.5 Å². The van der Waals surface area contributed by atoms with E-state index in [-0.39, 0.29) is 11.9 Å². The standard InChI is InChI=1S/C18H17FN2/c1-13(11-14-5-2-3-7-17(14)19)21-18-8-4-6-15-12-20-10-9-16(15)18/h2-10,12-13,21H,11H2,1H3. The van der Waals surface area contributed by atoms with Crippen LogP contribution in [0.1, 0.15) is 12.5 Å². The minimum atomic E-state index is -0.145. The Morgan fingerprint density at radius 3 is 2.81 bits per heavy atom. The van der Waals surface area contributed by atoms with E-state index in [2.05, 4.69) is 17.2 Å². The third kappa shape index (κ3) is 3.02. The third-order valence-corrected chi connectivity index (χ3v) is 3.57. The number of nitrogens with one attached hydrogen (secondary N) is 1. The molecule has 1 unspecified atom stereocenters. The van der Waals surface area contributed by atoms with Gasteiger partial charge in [-0.3, -0.25) is 4.98 Å². The summed E-state index contributed by atoms with van der Waals surface area (Å²) in [6.07, 6.45) is 4.28. The highest BCUT2D eigenvalue weighted by Crippen LogP contribution is 2.23. The van der Waals surface area contributed by atoms with Crippen LogP contribution in [0.15, 0.2) is 60.9 Å². The number of fused-ring (bicyclic) bond motifs is 1. The quantitative estimate of drug-likeness (QED) is 0.765. The summed E-state index contributed by atoms with van der Waals surface area (Å²) in [4.78, 5) is 4.14. The van der Waals surface area contributed by atoms with Gasteiger partial charge in [0.25, 0.3) is 0 Å². The van der Waals surface area contributed by atoms with Crippen LogP contribution in [-0.2, 0) is 6.42 Å². The molecule has 0 radical (unpaired) electrons. The van der Waals surface area contributed by atoms with Crippen LogP contribution in [0.3, 0.4) is 0 Å². The van der Waals surface area contributed by atoms with E-state index in [4.69, 9.17) is 0 Å². The van der Waals surface area contributed by atoms with Crippen LogP contribution < -0.4 is 5.32 Å². The molecule has 21 heavy (non-hydrogen) atoms. The Morgan fingerprint density at radius 2 is 1.95 bits per heavy atom. The van der Waals surface area contributed by atoms with Gasteiger partial charge >= 0.3 is 0 Å². The fourth-order valence-corrected chi connectivity index (χ4v) is 2.56. The fraction of sp³-hybridized carbons (Fsp3) is 0.167. The van der Waals surface area contributed by atoms with E-state index < -0.39 is 0 Å². The minimum Gasteiger partial charge on any atom is -0.382 e. The number of hydrogen-bond acceptors (Lipinski definition) is 2. The zero-order valence-electron chi connectivity index (χ0n) is 11.9. The van der Waals surface area contributed by atoms with Gasteiger partial charge in [-0.15, -0.1) is 0 Å². The van der Waals surface area contributed by atoms with Crippen LogP contribution in [0.25, 0.3) is 10.8 Å². The lowest BCUT2D eigenvalue weighted by Gasteiger charge is -2.17. The first-order chi connectivity index (χ1) is 10.2. The predicted molar refractivity (Wildman–Crippen MR) is 84.9 cm³/mol. The highest BCUT2D eigenvalue weighted by Gasteiger charge is 2.09. The summed E-state index contributed by atoms with van der Waals surface area (Å²) in [5.74, 6) is -0.145. The molecule has 0 amide bonds. The van der Waals surface area contributed by atoms with E-state index in [9.17, 15) is 4.39 Å². The van der Waals surface area contributed by atoms with Crippen molar-refractivity contribution in [1.82, 2.24) is 4.98 Å². The molecule has 0 aliphatic rings. The number of nitrogens with zero attached hydrogens (tertiary/aromatic N) is 1. The van der Waals surface area contributed by atoms with Crippen molar-refractivity contribution in [2.24, 2.45) is 0 Å². The zero-order chi connectivity index (χ0) is 14.7. The molecular weight excluding hydrogens is 263 g/mol. The monoisotopic (exact) mass is 280 g/mol. The topological polar surface area (TPSA) is 24.9 Å². The molecule has 0 bridgehead atoms. The normalized spacial score (nSPS) is 12.3. The van der Waals surface area contributed by atoms with E-state index in [1.807, 2.05) is 42.6 Å². The van der Waals surface area contributed by atoms with Crippen molar-refractivity contribution in [2.45, 2.75) is 19.4 Å².